The lowest BCUT2D eigenvalue weighted by atomic mass is 10.0. The first-order chi connectivity index (χ1) is 11.3. The van der Waals surface area contributed by atoms with Gasteiger partial charge in [-0.05, 0) is 18.1 Å². The number of carboxylic acids is 1. The summed E-state index contributed by atoms with van der Waals surface area (Å²) in [7, 11) is 4.83. The Labute approximate surface area is 140 Å². The molecule has 0 saturated heterocycles. The van der Waals surface area contributed by atoms with Crippen LogP contribution in [0.1, 0.15) is 24.3 Å². The SMILES string of the molecule is COc1cc2cc(C(=O)NC(C(=O)O)C(C)C)n(C)c2cc1OC. The van der Waals surface area contributed by atoms with E-state index in [-0.39, 0.29) is 5.92 Å². The van der Waals surface area contributed by atoms with Crippen LogP contribution in [0, 0.1) is 5.92 Å². The largest absolute Gasteiger partial charge is 0.493 e. The molecular formula is C17H22N2O5. The summed E-state index contributed by atoms with van der Waals surface area (Å²) >= 11 is 0. The quantitative estimate of drug-likeness (QED) is 0.844. The highest BCUT2D eigenvalue weighted by Gasteiger charge is 2.25. The predicted molar refractivity (Wildman–Crippen MR) is 89.8 cm³/mol. The molecule has 0 aliphatic rings. The van der Waals surface area contributed by atoms with Gasteiger partial charge in [-0.25, -0.2) is 4.79 Å². The number of aromatic nitrogens is 1. The van der Waals surface area contributed by atoms with E-state index in [1.54, 1.807) is 57.9 Å². The summed E-state index contributed by atoms with van der Waals surface area (Å²) in [6.07, 6.45) is 0. The minimum absolute atomic E-state index is 0.221. The number of carboxylic acid groups (broad SMARTS) is 1. The molecule has 0 spiro atoms. The highest BCUT2D eigenvalue weighted by Crippen LogP contribution is 2.33. The van der Waals surface area contributed by atoms with Crippen LogP contribution in [-0.4, -0.2) is 41.8 Å². The number of carbonyl (C=O) groups excluding carboxylic acids is 1. The Morgan fingerprint density at radius 2 is 1.71 bits per heavy atom. The van der Waals surface area contributed by atoms with Crippen molar-refractivity contribution in [2.45, 2.75) is 19.9 Å². The van der Waals surface area contributed by atoms with Crippen LogP contribution in [0.3, 0.4) is 0 Å². The zero-order chi connectivity index (χ0) is 18.0. The van der Waals surface area contributed by atoms with Gasteiger partial charge in [0.15, 0.2) is 11.5 Å². The molecule has 24 heavy (non-hydrogen) atoms. The predicted octanol–water partition coefficient (Wildman–Crippen LogP) is 2.03. The van der Waals surface area contributed by atoms with Crippen molar-refractivity contribution in [1.29, 1.82) is 0 Å². The second-order valence-corrected chi connectivity index (χ2v) is 5.89. The normalized spacial score (nSPS) is 12.2. The summed E-state index contributed by atoms with van der Waals surface area (Å²) < 4.78 is 12.2. The fraction of sp³-hybridized carbons (Fsp3) is 0.412. The Kier molecular flexibility index (Phi) is 5.02. The van der Waals surface area contributed by atoms with Crippen molar-refractivity contribution in [3.8, 4) is 11.5 Å². The van der Waals surface area contributed by atoms with Crippen LogP contribution >= 0.6 is 0 Å². The van der Waals surface area contributed by atoms with Crippen LogP contribution < -0.4 is 14.8 Å². The molecule has 0 aliphatic heterocycles. The van der Waals surface area contributed by atoms with E-state index < -0.39 is 17.9 Å². The molecule has 1 aromatic heterocycles. The number of nitrogens with one attached hydrogen (secondary N) is 1. The zero-order valence-corrected chi connectivity index (χ0v) is 14.4. The molecule has 0 aliphatic carbocycles. The highest BCUT2D eigenvalue weighted by molar-refractivity contribution is 6.00. The Morgan fingerprint density at radius 3 is 2.21 bits per heavy atom. The maximum atomic E-state index is 12.5. The van der Waals surface area contributed by atoms with Crippen molar-refractivity contribution in [2.75, 3.05) is 14.2 Å². The lowest BCUT2D eigenvalue weighted by molar-refractivity contribution is -0.140. The molecule has 1 heterocycles. The minimum atomic E-state index is -1.06. The van der Waals surface area contributed by atoms with Gasteiger partial charge < -0.3 is 24.5 Å². The van der Waals surface area contributed by atoms with Gasteiger partial charge in [0.25, 0.3) is 5.91 Å². The Bertz CT molecular complexity index is 779. The minimum Gasteiger partial charge on any atom is -0.493 e. The second-order valence-electron chi connectivity index (χ2n) is 5.89. The van der Waals surface area contributed by atoms with E-state index in [9.17, 15) is 14.7 Å². The molecule has 1 unspecified atom stereocenters. The summed E-state index contributed by atoms with van der Waals surface area (Å²) in [6, 6.07) is 4.32. The molecule has 130 valence electrons. The third kappa shape index (κ3) is 3.15. The van der Waals surface area contributed by atoms with Gasteiger partial charge in [0, 0.05) is 18.5 Å². The first kappa shape index (κ1) is 17.7. The van der Waals surface area contributed by atoms with Crippen LogP contribution in [0.15, 0.2) is 18.2 Å². The summed E-state index contributed by atoms with van der Waals surface area (Å²) in [5.74, 6) is -0.591. The number of rotatable bonds is 6. The van der Waals surface area contributed by atoms with Gasteiger partial charge in [0.1, 0.15) is 11.7 Å². The molecule has 1 atom stereocenters. The summed E-state index contributed by atoms with van der Waals surface area (Å²) in [4.78, 5) is 23.8. The van der Waals surface area contributed by atoms with Crippen molar-refractivity contribution in [3.63, 3.8) is 0 Å². The lowest BCUT2D eigenvalue weighted by Gasteiger charge is -2.18. The molecule has 2 rings (SSSR count). The lowest BCUT2D eigenvalue weighted by Crippen LogP contribution is -2.44. The molecule has 2 N–H and O–H groups in total. The first-order valence-electron chi connectivity index (χ1n) is 7.55. The average molecular weight is 334 g/mol. The zero-order valence-electron chi connectivity index (χ0n) is 14.4. The fourth-order valence-corrected chi connectivity index (χ4v) is 2.61. The highest BCUT2D eigenvalue weighted by atomic mass is 16.5. The van der Waals surface area contributed by atoms with Crippen LogP contribution in [0.4, 0.5) is 0 Å². The van der Waals surface area contributed by atoms with Gasteiger partial charge in [0.2, 0.25) is 0 Å². The number of ether oxygens (including phenoxy) is 2. The maximum Gasteiger partial charge on any atom is 0.326 e. The van der Waals surface area contributed by atoms with E-state index in [0.717, 1.165) is 10.9 Å². The van der Waals surface area contributed by atoms with E-state index >= 15 is 0 Å². The van der Waals surface area contributed by atoms with Gasteiger partial charge in [-0.2, -0.15) is 0 Å². The monoisotopic (exact) mass is 334 g/mol. The molecule has 1 aromatic carbocycles. The van der Waals surface area contributed by atoms with E-state index in [2.05, 4.69) is 5.32 Å². The van der Waals surface area contributed by atoms with Crippen LogP contribution in [0.5, 0.6) is 11.5 Å². The van der Waals surface area contributed by atoms with E-state index in [1.807, 2.05) is 0 Å². The summed E-state index contributed by atoms with van der Waals surface area (Å²) in [5.41, 5.74) is 1.15. The molecule has 7 heteroatoms. The van der Waals surface area contributed by atoms with Crippen LogP contribution in [0.25, 0.3) is 10.9 Å². The summed E-state index contributed by atoms with van der Waals surface area (Å²) in [6.45, 7) is 3.49. The molecule has 0 radical (unpaired) electrons. The van der Waals surface area contributed by atoms with Gasteiger partial charge in [-0.1, -0.05) is 13.8 Å². The molecule has 7 nitrogen and oxygen atoms in total. The number of methoxy groups -OCH3 is 2. The maximum absolute atomic E-state index is 12.5. The Hall–Kier alpha value is -2.70. The third-order valence-electron chi connectivity index (χ3n) is 4.00. The number of aliphatic carboxylic acids is 1. The number of hydrogen-bond acceptors (Lipinski definition) is 4. The van der Waals surface area contributed by atoms with Crippen molar-refractivity contribution >= 4 is 22.8 Å². The molecule has 0 saturated carbocycles. The van der Waals surface area contributed by atoms with Crippen molar-refractivity contribution in [2.24, 2.45) is 13.0 Å². The number of aryl methyl sites for hydroxylation is 1. The number of fused-ring (bicyclic) bond motifs is 1. The third-order valence-corrected chi connectivity index (χ3v) is 4.00. The summed E-state index contributed by atoms with van der Waals surface area (Å²) in [5, 5.41) is 12.6. The van der Waals surface area contributed by atoms with Crippen molar-refractivity contribution < 1.29 is 24.2 Å². The number of benzene rings is 1. The molecule has 0 bridgehead atoms. The van der Waals surface area contributed by atoms with E-state index in [4.69, 9.17) is 9.47 Å². The standard InChI is InChI=1S/C17H22N2O5/c1-9(2)15(17(21)22)18-16(20)12-6-10-7-13(23-4)14(24-5)8-11(10)19(12)3/h6-9,15H,1-5H3,(H,18,20)(H,21,22). The average Bonchev–Trinajstić information content (AvgIpc) is 2.86. The Balaban J connectivity index is 2.44. The number of hydrogen-bond donors (Lipinski definition) is 2. The number of nitrogens with zero attached hydrogens (tertiary/aromatic N) is 1. The van der Waals surface area contributed by atoms with Crippen molar-refractivity contribution in [3.05, 3.63) is 23.9 Å². The number of amides is 1. The van der Waals surface area contributed by atoms with Gasteiger partial charge in [-0.15, -0.1) is 0 Å². The molecule has 0 fully saturated rings. The van der Waals surface area contributed by atoms with E-state index in [0.29, 0.717) is 17.2 Å². The fourth-order valence-electron chi connectivity index (χ4n) is 2.61. The van der Waals surface area contributed by atoms with Gasteiger partial charge in [-0.3, -0.25) is 4.79 Å². The smallest absolute Gasteiger partial charge is 0.326 e. The van der Waals surface area contributed by atoms with E-state index in [1.165, 1.54) is 0 Å². The Morgan fingerprint density at radius 1 is 1.12 bits per heavy atom. The van der Waals surface area contributed by atoms with Gasteiger partial charge >= 0.3 is 5.97 Å². The number of carbonyl (C=O) groups is 2. The molecule has 1 amide bonds. The van der Waals surface area contributed by atoms with Crippen molar-refractivity contribution in [1.82, 2.24) is 9.88 Å². The first-order valence-corrected chi connectivity index (χ1v) is 7.55. The molecular weight excluding hydrogens is 312 g/mol. The second kappa shape index (κ2) is 6.82. The topological polar surface area (TPSA) is 89.8 Å². The van der Waals surface area contributed by atoms with Gasteiger partial charge in [0.05, 0.1) is 19.7 Å². The van der Waals surface area contributed by atoms with Crippen LogP contribution in [0.2, 0.25) is 0 Å². The molecule has 2 aromatic rings. The van der Waals surface area contributed by atoms with Crippen LogP contribution in [-0.2, 0) is 11.8 Å².